The number of carbonyl (C=O) groups excluding carboxylic acids is 1. The molecule has 1 fully saturated rings. The maximum Gasteiger partial charge on any atom is 0.355 e. The van der Waals surface area contributed by atoms with Crippen LogP contribution in [0, 0.1) is 0 Å². The number of aromatic nitrogens is 1. The molecule has 42 heavy (non-hydrogen) atoms. The predicted molar refractivity (Wildman–Crippen MR) is 160 cm³/mol. The fourth-order valence-corrected chi connectivity index (χ4v) is 5.52. The van der Waals surface area contributed by atoms with Crippen LogP contribution in [-0.2, 0) is 4.74 Å². The second-order valence-electron chi connectivity index (χ2n) is 9.93. The molecule has 5 rings (SSSR count). The average Bonchev–Trinajstić information content (AvgIpc) is 3.53. The van der Waals surface area contributed by atoms with Crippen LogP contribution in [0.1, 0.15) is 36.2 Å². The van der Waals surface area contributed by atoms with E-state index in [1.807, 2.05) is 0 Å². The van der Waals surface area contributed by atoms with Crippen molar-refractivity contribution in [3.05, 3.63) is 64.6 Å². The number of nitrogen functional groups attached to an aromatic ring is 1. The monoisotopic (exact) mass is 574 g/mol. The number of methoxy groups -OCH3 is 5. The van der Waals surface area contributed by atoms with E-state index in [2.05, 4.69) is 0 Å². The number of benzene rings is 3. The summed E-state index contributed by atoms with van der Waals surface area (Å²) < 4.78 is 35.4. The minimum Gasteiger partial charge on any atom is -0.493 e. The highest BCUT2D eigenvalue weighted by Crippen LogP contribution is 2.45. The maximum atomic E-state index is 14.3. The van der Waals surface area contributed by atoms with Crippen LogP contribution < -0.4 is 35.0 Å². The SMILES string of the molecule is COC(=O)c1c(-c2cc(OC)c(OC)c(OC)c2)c2cc(OC)c(OC3CCCC3)cc2c(=O)n1-c1ccc(N)cc1. The van der Waals surface area contributed by atoms with Crippen molar-refractivity contribution in [2.45, 2.75) is 31.8 Å². The topological polar surface area (TPSA) is 120 Å². The number of pyridine rings is 1. The molecule has 0 saturated heterocycles. The van der Waals surface area contributed by atoms with Crippen LogP contribution in [0.2, 0.25) is 0 Å². The highest BCUT2D eigenvalue weighted by molar-refractivity contribution is 6.08. The summed E-state index contributed by atoms with van der Waals surface area (Å²) in [6, 6.07) is 13.5. The summed E-state index contributed by atoms with van der Waals surface area (Å²) in [6.45, 7) is 0. The van der Waals surface area contributed by atoms with Gasteiger partial charge in [-0.05, 0) is 79.8 Å². The zero-order valence-corrected chi connectivity index (χ0v) is 24.3. The summed E-state index contributed by atoms with van der Waals surface area (Å²) in [7, 11) is 7.32. The fraction of sp³-hybridized carbons (Fsp3) is 0.312. The number of hydrogen-bond acceptors (Lipinski definition) is 9. The second kappa shape index (κ2) is 11.9. The van der Waals surface area contributed by atoms with Crippen molar-refractivity contribution < 1.29 is 33.2 Å². The molecule has 0 radical (unpaired) electrons. The summed E-state index contributed by atoms with van der Waals surface area (Å²) in [5, 5.41) is 0.772. The third-order valence-electron chi connectivity index (χ3n) is 7.55. The van der Waals surface area contributed by atoms with Crippen LogP contribution in [0.3, 0.4) is 0 Å². The largest absolute Gasteiger partial charge is 0.493 e. The molecule has 3 aromatic carbocycles. The first-order valence-corrected chi connectivity index (χ1v) is 13.6. The highest BCUT2D eigenvalue weighted by Gasteiger charge is 2.29. The molecular formula is C32H34N2O8. The van der Waals surface area contributed by atoms with Gasteiger partial charge < -0.3 is 34.2 Å². The van der Waals surface area contributed by atoms with Gasteiger partial charge in [-0.2, -0.15) is 0 Å². The molecule has 10 heteroatoms. The Morgan fingerprint density at radius 3 is 1.93 bits per heavy atom. The van der Waals surface area contributed by atoms with E-state index in [4.69, 9.17) is 34.2 Å². The van der Waals surface area contributed by atoms with E-state index in [0.29, 0.717) is 62.0 Å². The van der Waals surface area contributed by atoms with Crippen molar-refractivity contribution in [3.63, 3.8) is 0 Å². The molecule has 1 aliphatic carbocycles. The van der Waals surface area contributed by atoms with Crippen molar-refractivity contribution >= 4 is 22.4 Å². The third kappa shape index (κ3) is 5.04. The molecule has 2 N–H and O–H groups in total. The van der Waals surface area contributed by atoms with Gasteiger partial charge in [0, 0.05) is 22.3 Å². The molecule has 0 bridgehead atoms. The zero-order valence-electron chi connectivity index (χ0n) is 24.3. The first-order chi connectivity index (χ1) is 20.3. The van der Waals surface area contributed by atoms with Gasteiger partial charge in [0.05, 0.1) is 47.0 Å². The first-order valence-electron chi connectivity index (χ1n) is 13.6. The molecule has 0 atom stereocenters. The van der Waals surface area contributed by atoms with E-state index in [1.165, 1.54) is 33.0 Å². The van der Waals surface area contributed by atoms with Crippen molar-refractivity contribution in [1.29, 1.82) is 0 Å². The number of rotatable bonds is 9. The molecule has 1 saturated carbocycles. The minimum atomic E-state index is -0.722. The van der Waals surface area contributed by atoms with Gasteiger partial charge in [-0.1, -0.05) is 0 Å². The fourth-order valence-electron chi connectivity index (χ4n) is 5.52. The van der Waals surface area contributed by atoms with E-state index < -0.39 is 11.5 Å². The zero-order chi connectivity index (χ0) is 30.0. The number of nitrogens with zero attached hydrogens (tertiary/aromatic N) is 1. The van der Waals surface area contributed by atoms with Crippen LogP contribution in [0.5, 0.6) is 28.7 Å². The van der Waals surface area contributed by atoms with Crippen LogP contribution in [0.4, 0.5) is 5.69 Å². The highest BCUT2D eigenvalue weighted by atomic mass is 16.5. The van der Waals surface area contributed by atoms with Crippen molar-refractivity contribution in [2.75, 3.05) is 41.3 Å². The Kier molecular flexibility index (Phi) is 8.15. The number of esters is 1. The van der Waals surface area contributed by atoms with E-state index in [9.17, 15) is 9.59 Å². The first kappa shape index (κ1) is 28.7. The molecule has 0 unspecified atom stereocenters. The number of anilines is 1. The van der Waals surface area contributed by atoms with Gasteiger partial charge in [-0.15, -0.1) is 0 Å². The van der Waals surface area contributed by atoms with Gasteiger partial charge in [-0.3, -0.25) is 9.36 Å². The van der Waals surface area contributed by atoms with Gasteiger partial charge in [0.2, 0.25) is 5.75 Å². The third-order valence-corrected chi connectivity index (χ3v) is 7.55. The average molecular weight is 575 g/mol. The van der Waals surface area contributed by atoms with Gasteiger partial charge in [0.1, 0.15) is 5.69 Å². The predicted octanol–water partition coefficient (Wildman–Crippen LogP) is 5.38. The smallest absolute Gasteiger partial charge is 0.355 e. The molecule has 0 amide bonds. The Hall–Kier alpha value is -4.86. The molecule has 0 aliphatic heterocycles. The molecule has 10 nitrogen and oxygen atoms in total. The van der Waals surface area contributed by atoms with Gasteiger partial charge in [0.25, 0.3) is 5.56 Å². The van der Waals surface area contributed by atoms with Crippen LogP contribution in [0.25, 0.3) is 27.6 Å². The molecule has 1 aromatic heterocycles. The Balaban J connectivity index is 1.95. The molecule has 1 aliphatic rings. The Morgan fingerprint density at radius 2 is 1.38 bits per heavy atom. The van der Waals surface area contributed by atoms with Crippen LogP contribution in [-0.4, -0.2) is 52.2 Å². The van der Waals surface area contributed by atoms with E-state index >= 15 is 0 Å². The Morgan fingerprint density at radius 1 is 0.786 bits per heavy atom. The summed E-state index contributed by atoms with van der Waals surface area (Å²) in [4.78, 5) is 27.9. The molecule has 220 valence electrons. The lowest BCUT2D eigenvalue weighted by atomic mass is 9.95. The van der Waals surface area contributed by atoms with E-state index in [-0.39, 0.29) is 11.8 Å². The summed E-state index contributed by atoms with van der Waals surface area (Å²) in [6.07, 6.45) is 4.04. The molecule has 0 spiro atoms. The lowest BCUT2D eigenvalue weighted by Crippen LogP contribution is -2.27. The summed E-state index contributed by atoms with van der Waals surface area (Å²) >= 11 is 0. The number of carbonyl (C=O) groups is 1. The van der Waals surface area contributed by atoms with Gasteiger partial charge in [-0.25, -0.2) is 4.79 Å². The number of nitrogens with two attached hydrogens (primary N) is 1. The summed E-state index contributed by atoms with van der Waals surface area (Å²) in [5.74, 6) is 1.29. The number of fused-ring (bicyclic) bond motifs is 1. The van der Waals surface area contributed by atoms with Crippen molar-refractivity contribution in [3.8, 4) is 45.6 Å². The lowest BCUT2D eigenvalue weighted by Gasteiger charge is -2.22. The van der Waals surface area contributed by atoms with Gasteiger partial charge in [0.15, 0.2) is 23.0 Å². The maximum absolute atomic E-state index is 14.3. The quantitative estimate of drug-likeness (QED) is 0.207. The minimum absolute atomic E-state index is 0.000517. The Bertz CT molecular complexity index is 1660. The molecule has 4 aromatic rings. The Labute approximate surface area is 243 Å². The van der Waals surface area contributed by atoms with Crippen molar-refractivity contribution in [2.24, 2.45) is 0 Å². The van der Waals surface area contributed by atoms with E-state index in [0.717, 1.165) is 25.7 Å². The van der Waals surface area contributed by atoms with E-state index in [1.54, 1.807) is 55.6 Å². The second-order valence-corrected chi connectivity index (χ2v) is 9.93. The van der Waals surface area contributed by atoms with Crippen molar-refractivity contribution in [1.82, 2.24) is 4.57 Å². The number of ether oxygens (including phenoxy) is 6. The van der Waals surface area contributed by atoms with Crippen LogP contribution >= 0.6 is 0 Å². The number of hydrogen-bond donors (Lipinski definition) is 1. The van der Waals surface area contributed by atoms with Gasteiger partial charge >= 0.3 is 5.97 Å². The molecule has 1 heterocycles. The normalized spacial score (nSPS) is 13.2. The standard InChI is InChI=1S/C32H34N2O8/c1-37-24-16-22-23(17-25(24)42-21-8-6-7-9-21)31(35)34(20-12-10-19(33)11-13-20)29(32(36)41-5)28(22)18-14-26(38-2)30(40-4)27(15-18)39-3/h10-17,21H,6-9,33H2,1-5H3. The molecular weight excluding hydrogens is 540 g/mol. The summed E-state index contributed by atoms with van der Waals surface area (Å²) in [5.41, 5.74) is 7.37. The lowest BCUT2D eigenvalue weighted by molar-refractivity contribution is 0.0591. The van der Waals surface area contributed by atoms with Crippen LogP contribution in [0.15, 0.2) is 53.3 Å².